The maximum atomic E-state index is 13.4. The van der Waals surface area contributed by atoms with Crippen LogP contribution in [0.15, 0.2) is 71.3 Å². The third-order valence-electron chi connectivity index (χ3n) is 5.03. The van der Waals surface area contributed by atoms with Crippen molar-refractivity contribution in [2.24, 2.45) is 0 Å². The topological polar surface area (TPSA) is 42.7 Å². The SMILES string of the molecule is CCC(=O)N(CC[C@@H](c1ccc(F)cc1)c1ccco1)Cc1ccc(OC)cc1. The maximum absolute atomic E-state index is 13.4. The molecule has 0 unspecified atom stereocenters. The lowest BCUT2D eigenvalue weighted by atomic mass is 9.93. The van der Waals surface area contributed by atoms with Crippen molar-refractivity contribution >= 4 is 5.91 Å². The number of halogens is 1. The molecule has 0 aliphatic carbocycles. The van der Waals surface area contributed by atoms with Crippen molar-refractivity contribution in [3.8, 4) is 5.75 Å². The molecule has 0 spiro atoms. The Hall–Kier alpha value is -3.08. The van der Waals surface area contributed by atoms with E-state index in [0.29, 0.717) is 25.9 Å². The van der Waals surface area contributed by atoms with E-state index in [9.17, 15) is 9.18 Å². The van der Waals surface area contributed by atoms with Crippen LogP contribution in [0, 0.1) is 5.82 Å². The summed E-state index contributed by atoms with van der Waals surface area (Å²) in [4.78, 5) is 14.4. The van der Waals surface area contributed by atoms with Crippen molar-refractivity contribution in [2.45, 2.75) is 32.2 Å². The molecule has 0 bridgehead atoms. The predicted octanol–water partition coefficient (Wildman–Crippen LogP) is 5.39. The number of benzene rings is 2. The summed E-state index contributed by atoms with van der Waals surface area (Å²) in [5.74, 6) is 1.38. The van der Waals surface area contributed by atoms with Crippen LogP contribution in [-0.2, 0) is 11.3 Å². The summed E-state index contributed by atoms with van der Waals surface area (Å²) in [6.45, 7) is 2.97. The van der Waals surface area contributed by atoms with Gasteiger partial charge in [-0.05, 0) is 53.9 Å². The molecule has 0 fully saturated rings. The Balaban J connectivity index is 1.76. The van der Waals surface area contributed by atoms with Gasteiger partial charge in [0.25, 0.3) is 0 Å². The van der Waals surface area contributed by atoms with Crippen molar-refractivity contribution in [2.75, 3.05) is 13.7 Å². The number of methoxy groups -OCH3 is 1. The van der Waals surface area contributed by atoms with Crippen LogP contribution in [0.4, 0.5) is 4.39 Å². The van der Waals surface area contributed by atoms with Crippen LogP contribution in [0.5, 0.6) is 5.75 Å². The smallest absolute Gasteiger partial charge is 0.222 e. The van der Waals surface area contributed by atoms with Gasteiger partial charge in [0.2, 0.25) is 5.91 Å². The van der Waals surface area contributed by atoms with Crippen LogP contribution in [0.3, 0.4) is 0 Å². The minimum absolute atomic E-state index is 0.0476. The summed E-state index contributed by atoms with van der Waals surface area (Å²) in [5, 5.41) is 0. The van der Waals surface area contributed by atoms with Crippen LogP contribution in [-0.4, -0.2) is 24.5 Å². The first-order chi connectivity index (χ1) is 14.1. The molecule has 0 radical (unpaired) electrons. The highest BCUT2D eigenvalue weighted by Crippen LogP contribution is 2.29. The minimum atomic E-state index is -0.269. The highest BCUT2D eigenvalue weighted by Gasteiger charge is 2.20. The number of hydrogen-bond acceptors (Lipinski definition) is 3. The van der Waals surface area contributed by atoms with Gasteiger partial charge in [0.15, 0.2) is 0 Å². The van der Waals surface area contributed by atoms with E-state index in [2.05, 4.69) is 0 Å². The summed E-state index contributed by atoms with van der Waals surface area (Å²) >= 11 is 0. The lowest BCUT2D eigenvalue weighted by Crippen LogP contribution is -2.31. The first-order valence-electron chi connectivity index (χ1n) is 9.80. The molecule has 5 heteroatoms. The predicted molar refractivity (Wildman–Crippen MR) is 110 cm³/mol. The second-order valence-corrected chi connectivity index (χ2v) is 6.93. The number of carbonyl (C=O) groups excluding carboxylic acids is 1. The lowest BCUT2D eigenvalue weighted by molar-refractivity contribution is -0.131. The van der Waals surface area contributed by atoms with Gasteiger partial charge in [0.1, 0.15) is 17.3 Å². The maximum Gasteiger partial charge on any atom is 0.222 e. The van der Waals surface area contributed by atoms with Crippen molar-refractivity contribution < 1.29 is 18.3 Å². The van der Waals surface area contributed by atoms with Gasteiger partial charge in [-0.15, -0.1) is 0 Å². The fourth-order valence-corrected chi connectivity index (χ4v) is 3.41. The molecule has 0 aliphatic heterocycles. The molecule has 3 rings (SSSR count). The first-order valence-corrected chi connectivity index (χ1v) is 9.80. The highest BCUT2D eigenvalue weighted by atomic mass is 19.1. The van der Waals surface area contributed by atoms with Crippen molar-refractivity contribution in [3.05, 3.63) is 89.6 Å². The average molecular weight is 395 g/mol. The zero-order valence-corrected chi connectivity index (χ0v) is 16.8. The van der Waals surface area contributed by atoms with E-state index >= 15 is 0 Å². The van der Waals surface area contributed by atoms with Gasteiger partial charge in [0.05, 0.1) is 13.4 Å². The average Bonchev–Trinajstić information content (AvgIpc) is 3.28. The molecule has 152 valence electrons. The number of amides is 1. The fraction of sp³-hybridized carbons (Fsp3) is 0.292. The van der Waals surface area contributed by atoms with Gasteiger partial charge in [-0.1, -0.05) is 31.2 Å². The van der Waals surface area contributed by atoms with Gasteiger partial charge in [-0.25, -0.2) is 4.39 Å². The molecule has 29 heavy (non-hydrogen) atoms. The third-order valence-corrected chi connectivity index (χ3v) is 5.03. The van der Waals surface area contributed by atoms with E-state index < -0.39 is 0 Å². The van der Waals surface area contributed by atoms with Crippen LogP contribution in [0.25, 0.3) is 0 Å². The Morgan fingerprint density at radius 3 is 2.41 bits per heavy atom. The molecule has 0 aliphatic rings. The van der Waals surface area contributed by atoms with E-state index in [-0.39, 0.29) is 17.6 Å². The van der Waals surface area contributed by atoms with Gasteiger partial charge in [-0.3, -0.25) is 4.79 Å². The second kappa shape index (κ2) is 9.92. The molecule has 0 N–H and O–H groups in total. The first kappa shape index (κ1) is 20.6. The molecule has 0 saturated carbocycles. The van der Waals surface area contributed by atoms with Gasteiger partial charge in [-0.2, -0.15) is 0 Å². The van der Waals surface area contributed by atoms with Crippen LogP contribution < -0.4 is 4.74 Å². The Morgan fingerprint density at radius 2 is 1.83 bits per heavy atom. The number of ether oxygens (including phenoxy) is 1. The second-order valence-electron chi connectivity index (χ2n) is 6.93. The van der Waals surface area contributed by atoms with E-state index in [0.717, 1.165) is 22.6 Å². The zero-order chi connectivity index (χ0) is 20.6. The number of carbonyl (C=O) groups is 1. The Labute approximate surface area is 170 Å². The summed E-state index contributed by atoms with van der Waals surface area (Å²) in [5.41, 5.74) is 2.01. The Kier molecular flexibility index (Phi) is 7.06. The van der Waals surface area contributed by atoms with Gasteiger partial charge in [0, 0.05) is 25.4 Å². The molecule has 4 nitrogen and oxygen atoms in total. The van der Waals surface area contributed by atoms with Gasteiger partial charge < -0.3 is 14.1 Å². The quantitative estimate of drug-likeness (QED) is 0.488. The minimum Gasteiger partial charge on any atom is -0.497 e. The summed E-state index contributed by atoms with van der Waals surface area (Å²) in [6, 6.07) is 18.0. The monoisotopic (exact) mass is 395 g/mol. The van der Waals surface area contributed by atoms with E-state index in [4.69, 9.17) is 9.15 Å². The molecule has 1 atom stereocenters. The van der Waals surface area contributed by atoms with E-state index in [1.54, 1.807) is 25.5 Å². The third kappa shape index (κ3) is 5.47. The summed E-state index contributed by atoms with van der Waals surface area (Å²) in [6.07, 6.45) is 2.76. The molecule has 3 aromatic rings. The lowest BCUT2D eigenvalue weighted by Gasteiger charge is -2.25. The number of rotatable bonds is 9. The Morgan fingerprint density at radius 1 is 1.10 bits per heavy atom. The molecule has 1 aromatic heterocycles. The van der Waals surface area contributed by atoms with E-state index in [1.807, 2.05) is 48.2 Å². The standard InChI is InChI=1S/C24H26FNO3/c1-3-24(27)26(17-18-6-12-21(28-2)13-7-18)15-14-22(23-5-4-16-29-23)19-8-10-20(25)11-9-19/h4-13,16,22H,3,14-15,17H2,1-2H3/t22-/m0/s1. The Bertz CT molecular complexity index is 889. The number of nitrogens with zero attached hydrogens (tertiary/aromatic N) is 1. The van der Waals surface area contributed by atoms with E-state index in [1.165, 1.54) is 12.1 Å². The molecular formula is C24H26FNO3. The largest absolute Gasteiger partial charge is 0.497 e. The molecule has 1 heterocycles. The van der Waals surface area contributed by atoms with Crippen LogP contribution in [0.1, 0.15) is 42.6 Å². The van der Waals surface area contributed by atoms with Crippen molar-refractivity contribution in [3.63, 3.8) is 0 Å². The van der Waals surface area contributed by atoms with Crippen molar-refractivity contribution in [1.82, 2.24) is 4.90 Å². The zero-order valence-electron chi connectivity index (χ0n) is 16.8. The number of furan rings is 1. The summed E-state index contributed by atoms with van der Waals surface area (Å²) in [7, 11) is 1.63. The summed E-state index contributed by atoms with van der Waals surface area (Å²) < 4.78 is 24.2. The van der Waals surface area contributed by atoms with Crippen molar-refractivity contribution in [1.29, 1.82) is 0 Å². The fourth-order valence-electron chi connectivity index (χ4n) is 3.41. The molecule has 0 saturated heterocycles. The number of hydrogen-bond donors (Lipinski definition) is 0. The van der Waals surface area contributed by atoms with Crippen LogP contribution >= 0.6 is 0 Å². The molecule has 1 amide bonds. The van der Waals surface area contributed by atoms with Gasteiger partial charge >= 0.3 is 0 Å². The normalized spacial score (nSPS) is 11.8. The highest BCUT2D eigenvalue weighted by molar-refractivity contribution is 5.75. The van der Waals surface area contributed by atoms with Crippen LogP contribution in [0.2, 0.25) is 0 Å². The molecular weight excluding hydrogens is 369 g/mol. The molecule has 2 aromatic carbocycles.